The van der Waals surface area contributed by atoms with Gasteiger partial charge in [0.05, 0.1) is 13.0 Å². The largest absolute Gasteiger partial charge is 0.466 e. The molecule has 0 saturated carbocycles. The highest BCUT2D eigenvalue weighted by atomic mass is 19.2. The van der Waals surface area contributed by atoms with Crippen molar-refractivity contribution < 1.29 is 18.3 Å². The van der Waals surface area contributed by atoms with Gasteiger partial charge in [-0.1, -0.05) is 18.2 Å². The van der Waals surface area contributed by atoms with Crippen LogP contribution in [0.1, 0.15) is 54.8 Å². The van der Waals surface area contributed by atoms with Crippen LogP contribution in [0.2, 0.25) is 0 Å². The van der Waals surface area contributed by atoms with Crippen LogP contribution in [0.25, 0.3) is 0 Å². The first kappa shape index (κ1) is 17.5. The van der Waals surface area contributed by atoms with Gasteiger partial charge < -0.3 is 4.74 Å². The van der Waals surface area contributed by atoms with Crippen LogP contribution in [-0.2, 0) is 16.0 Å². The SMILES string of the molecule is CCOC(=O)CC1CCC(c2cccc(F)c2F)Cc2cccnc21. The van der Waals surface area contributed by atoms with Gasteiger partial charge in [-0.05, 0) is 55.4 Å². The summed E-state index contributed by atoms with van der Waals surface area (Å²) in [7, 11) is 0. The van der Waals surface area contributed by atoms with Gasteiger partial charge in [0.2, 0.25) is 0 Å². The van der Waals surface area contributed by atoms with Crippen LogP contribution < -0.4 is 0 Å². The molecule has 2 aromatic rings. The summed E-state index contributed by atoms with van der Waals surface area (Å²) in [5.41, 5.74) is 2.25. The Bertz CT molecular complexity index is 763. The summed E-state index contributed by atoms with van der Waals surface area (Å²) in [5, 5.41) is 0. The zero-order chi connectivity index (χ0) is 17.8. The second-order valence-electron chi connectivity index (χ2n) is 6.38. The van der Waals surface area contributed by atoms with Crippen LogP contribution >= 0.6 is 0 Å². The predicted molar refractivity (Wildman–Crippen MR) is 90.3 cm³/mol. The number of ether oxygens (including phenoxy) is 1. The minimum atomic E-state index is -0.823. The minimum absolute atomic E-state index is 0.0585. The van der Waals surface area contributed by atoms with Gasteiger partial charge in [-0.25, -0.2) is 8.78 Å². The molecule has 25 heavy (non-hydrogen) atoms. The Morgan fingerprint density at radius 2 is 2.08 bits per heavy atom. The smallest absolute Gasteiger partial charge is 0.306 e. The fourth-order valence-electron chi connectivity index (χ4n) is 3.62. The van der Waals surface area contributed by atoms with E-state index < -0.39 is 11.6 Å². The third kappa shape index (κ3) is 3.86. The fraction of sp³-hybridized carbons (Fsp3) is 0.400. The number of fused-ring (bicyclic) bond motifs is 1. The highest BCUT2D eigenvalue weighted by molar-refractivity contribution is 5.70. The summed E-state index contributed by atoms with van der Waals surface area (Å²) < 4.78 is 32.9. The lowest BCUT2D eigenvalue weighted by molar-refractivity contribution is -0.143. The summed E-state index contributed by atoms with van der Waals surface area (Å²) >= 11 is 0. The van der Waals surface area contributed by atoms with E-state index in [-0.39, 0.29) is 24.2 Å². The lowest BCUT2D eigenvalue weighted by Gasteiger charge is -2.16. The lowest BCUT2D eigenvalue weighted by atomic mass is 9.89. The Morgan fingerprint density at radius 3 is 2.88 bits per heavy atom. The molecule has 0 amide bonds. The summed E-state index contributed by atoms with van der Waals surface area (Å²) in [5.74, 6) is -2.04. The van der Waals surface area contributed by atoms with E-state index in [1.807, 2.05) is 12.1 Å². The third-order valence-electron chi connectivity index (χ3n) is 4.78. The predicted octanol–water partition coefficient (Wildman–Crippen LogP) is 4.52. The first-order valence-corrected chi connectivity index (χ1v) is 8.63. The van der Waals surface area contributed by atoms with Gasteiger partial charge in [-0.15, -0.1) is 0 Å². The molecule has 0 N–H and O–H groups in total. The number of pyridine rings is 1. The summed E-state index contributed by atoms with van der Waals surface area (Å²) in [6, 6.07) is 8.11. The molecule has 2 unspecified atom stereocenters. The van der Waals surface area contributed by atoms with E-state index in [1.54, 1.807) is 25.3 Å². The average molecular weight is 345 g/mol. The molecular formula is C20H21F2NO2. The van der Waals surface area contributed by atoms with Crippen LogP contribution in [-0.4, -0.2) is 17.6 Å². The van der Waals surface area contributed by atoms with Crippen molar-refractivity contribution in [2.75, 3.05) is 6.61 Å². The van der Waals surface area contributed by atoms with Crippen molar-refractivity contribution in [3.8, 4) is 0 Å². The maximum absolute atomic E-state index is 14.2. The van der Waals surface area contributed by atoms with Gasteiger partial charge in [0.1, 0.15) is 0 Å². The molecule has 132 valence electrons. The Hall–Kier alpha value is -2.30. The standard InChI is InChI=1S/C20H21F2NO2/c1-2-25-18(24)12-15-9-8-13(11-14-5-4-10-23-20(14)15)16-6-3-7-17(21)19(16)22/h3-7,10,13,15H,2,8-9,11-12H2,1H3. The number of carbonyl (C=O) groups excluding carboxylic acids is 1. The second kappa shape index (κ2) is 7.72. The van der Waals surface area contributed by atoms with Crippen LogP contribution in [0.3, 0.4) is 0 Å². The van der Waals surface area contributed by atoms with Gasteiger partial charge in [0.25, 0.3) is 0 Å². The van der Waals surface area contributed by atoms with Crippen molar-refractivity contribution >= 4 is 5.97 Å². The van der Waals surface area contributed by atoms with Crippen LogP contribution in [0.5, 0.6) is 0 Å². The number of hydrogen-bond acceptors (Lipinski definition) is 3. The minimum Gasteiger partial charge on any atom is -0.466 e. The molecule has 0 bridgehead atoms. The van der Waals surface area contributed by atoms with Crippen molar-refractivity contribution in [3.63, 3.8) is 0 Å². The molecule has 0 radical (unpaired) electrons. The molecule has 1 heterocycles. The number of hydrogen-bond donors (Lipinski definition) is 0. The van der Waals surface area contributed by atoms with Crippen LogP contribution in [0.4, 0.5) is 8.78 Å². The summed E-state index contributed by atoms with van der Waals surface area (Å²) in [6.45, 7) is 2.12. The number of nitrogens with zero attached hydrogens (tertiary/aromatic N) is 1. The number of carbonyl (C=O) groups is 1. The summed E-state index contributed by atoms with van der Waals surface area (Å²) in [6.07, 6.45) is 3.91. The molecule has 3 rings (SSSR count). The van der Waals surface area contributed by atoms with Crippen LogP contribution in [0, 0.1) is 11.6 Å². The first-order chi connectivity index (χ1) is 12.1. The topological polar surface area (TPSA) is 39.2 Å². The van der Waals surface area contributed by atoms with Gasteiger partial charge in [-0.2, -0.15) is 0 Å². The number of rotatable bonds is 4. The van der Waals surface area contributed by atoms with E-state index in [2.05, 4.69) is 4.98 Å². The molecule has 5 heteroatoms. The van der Waals surface area contributed by atoms with E-state index >= 15 is 0 Å². The van der Waals surface area contributed by atoms with E-state index in [9.17, 15) is 13.6 Å². The molecule has 1 aromatic carbocycles. The molecule has 0 spiro atoms. The van der Waals surface area contributed by atoms with Gasteiger partial charge in [0, 0.05) is 17.8 Å². The number of esters is 1. The highest BCUT2D eigenvalue weighted by Crippen LogP contribution is 2.39. The van der Waals surface area contributed by atoms with Crippen molar-refractivity contribution in [3.05, 3.63) is 65.0 Å². The van der Waals surface area contributed by atoms with E-state index in [0.29, 0.717) is 31.4 Å². The molecule has 2 atom stereocenters. The second-order valence-corrected chi connectivity index (χ2v) is 6.38. The van der Waals surface area contributed by atoms with Crippen molar-refractivity contribution in [2.24, 2.45) is 0 Å². The van der Waals surface area contributed by atoms with Crippen molar-refractivity contribution in [2.45, 2.75) is 44.4 Å². The molecule has 1 aliphatic rings. The Labute approximate surface area is 146 Å². The average Bonchev–Trinajstić information content (AvgIpc) is 2.78. The van der Waals surface area contributed by atoms with Gasteiger partial charge in [0.15, 0.2) is 11.6 Å². The van der Waals surface area contributed by atoms with Crippen LogP contribution in [0.15, 0.2) is 36.5 Å². The Kier molecular flexibility index (Phi) is 5.41. The number of halogens is 2. The van der Waals surface area contributed by atoms with E-state index in [4.69, 9.17) is 4.74 Å². The highest BCUT2D eigenvalue weighted by Gasteiger charge is 2.29. The molecule has 0 fully saturated rings. The monoisotopic (exact) mass is 345 g/mol. The zero-order valence-corrected chi connectivity index (χ0v) is 14.2. The van der Waals surface area contributed by atoms with Gasteiger partial charge >= 0.3 is 5.97 Å². The molecule has 1 aliphatic carbocycles. The van der Waals surface area contributed by atoms with E-state index in [0.717, 1.165) is 17.3 Å². The first-order valence-electron chi connectivity index (χ1n) is 8.63. The normalized spacial score (nSPS) is 19.8. The molecule has 0 aliphatic heterocycles. The number of aromatic nitrogens is 1. The summed E-state index contributed by atoms with van der Waals surface area (Å²) in [4.78, 5) is 16.4. The zero-order valence-electron chi connectivity index (χ0n) is 14.2. The van der Waals surface area contributed by atoms with Crippen molar-refractivity contribution in [1.29, 1.82) is 0 Å². The maximum Gasteiger partial charge on any atom is 0.306 e. The Balaban J connectivity index is 1.90. The number of benzene rings is 1. The van der Waals surface area contributed by atoms with Crippen molar-refractivity contribution in [1.82, 2.24) is 4.98 Å². The molecule has 3 nitrogen and oxygen atoms in total. The molecular weight excluding hydrogens is 324 g/mol. The lowest BCUT2D eigenvalue weighted by Crippen LogP contribution is -2.12. The quantitative estimate of drug-likeness (QED) is 0.604. The maximum atomic E-state index is 14.2. The molecule has 1 aromatic heterocycles. The van der Waals surface area contributed by atoms with Gasteiger partial charge in [-0.3, -0.25) is 9.78 Å². The third-order valence-corrected chi connectivity index (χ3v) is 4.78. The van der Waals surface area contributed by atoms with E-state index in [1.165, 1.54) is 0 Å². The molecule has 0 saturated heterocycles. The fourth-order valence-corrected chi connectivity index (χ4v) is 3.62. The Morgan fingerprint density at radius 1 is 1.24 bits per heavy atom.